The van der Waals surface area contributed by atoms with Gasteiger partial charge in [-0.1, -0.05) is 17.7 Å². The zero-order chi connectivity index (χ0) is 14.0. The summed E-state index contributed by atoms with van der Waals surface area (Å²) < 4.78 is 18.7. The van der Waals surface area contributed by atoms with Crippen molar-refractivity contribution < 1.29 is 9.13 Å². The smallest absolute Gasteiger partial charge is 0.142 e. The normalized spacial score (nSPS) is 10.3. The van der Waals surface area contributed by atoms with Gasteiger partial charge in [0.2, 0.25) is 0 Å². The minimum absolute atomic E-state index is 0.0190. The van der Waals surface area contributed by atoms with Crippen LogP contribution in [0.15, 0.2) is 36.4 Å². The predicted molar refractivity (Wildman–Crippen MR) is 73.7 cm³/mol. The number of halogens is 2. The number of nitrogen functional groups attached to an aromatic ring is 1. The van der Waals surface area contributed by atoms with Crippen LogP contribution in [0.4, 0.5) is 4.39 Å². The van der Waals surface area contributed by atoms with E-state index in [0.717, 1.165) is 5.56 Å². The van der Waals surface area contributed by atoms with Gasteiger partial charge in [0.25, 0.3) is 0 Å². The van der Waals surface area contributed by atoms with Crippen molar-refractivity contribution in [3.63, 3.8) is 0 Å². The van der Waals surface area contributed by atoms with Crippen LogP contribution in [0.2, 0.25) is 5.02 Å². The lowest BCUT2D eigenvalue weighted by molar-refractivity contribution is 0.479. The van der Waals surface area contributed by atoms with Crippen molar-refractivity contribution in [2.24, 2.45) is 5.73 Å². The molecular formula is C14H12ClFN2O. The number of nitrogens with one attached hydrogen (secondary N) is 1. The van der Waals surface area contributed by atoms with Crippen LogP contribution in [0, 0.1) is 18.2 Å². The largest absolute Gasteiger partial charge is 0.457 e. The van der Waals surface area contributed by atoms with Crippen LogP contribution in [0.3, 0.4) is 0 Å². The maximum absolute atomic E-state index is 13.1. The molecule has 0 saturated heterocycles. The molecular weight excluding hydrogens is 267 g/mol. The summed E-state index contributed by atoms with van der Waals surface area (Å²) in [6.45, 7) is 1.90. The van der Waals surface area contributed by atoms with Gasteiger partial charge in [-0.25, -0.2) is 4.39 Å². The molecule has 0 bridgehead atoms. The third-order valence-corrected chi connectivity index (χ3v) is 2.84. The molecule has 0 aliphatic rings. The molecule has 0 spiro atoms. The molecule has 0 radical (unpaired) electrons. The van der Waals surface area contributed by atoms with Crippen molar-refractivity contribution in [2.75, 3.05) is 0 Å². The van der Waals surface area contributed by atoms with Gasteiger partial charge in [-0.3, -0.25) is 5.41 Å². The zero-order valence-corrected chi connectivity index (χ0v) is 11.0. The molecule has 2 aromatic carbocycles. The Kier molecular flexibility index (Phi) is 3.71. The highest BCUT2D eigenvalue weighted by atomic mass is 35.5. The molecule has 0 fully saturated rings. The van der Waals surface area contributed by atoms with Crippen LogP contribution in [0.25, 0.3) is 0 Å². The molecule has 98 valence electrons. The topological polar surface area (TPSA) is 59.1 Å². The van der Waals surface area contributed by atoms with Crippen molar-refractivity contribution >= 4 is 17.4 Å². The Bertz CT molecular complexity index is 643. The molecule has 0 heterocycles. The molecule has 0 atom stereocenters. The van der Waals surface area contributed by atoms with E-state index in [9.17, 15) is 4.39 Å². The molecule has 2 aromatic rings. The maximum atomic E-state index is 13.1. The summed E-state index contributed by atoms with van der Waals surface area (Å²) in [5, 5.41) is 7.48. The number of aryl methyl sites for hydroxylation is 1. The second-order valence-electron chi connectivity index (χ2n) is 4.09. The minimum atomic E-state index is -0.509. The van der Waals surface area contributed by atoms with Crippen LogP contribution >= 0.6 is 11.6 Å². The molecule has 2 rings (SSSR count). The van der Waals surface area contributed by atoms with Crippen molar-refractivity contribution in [1.82, 2.24) is 0 Å². The van der Waals surface area contributed by atoms with Gasteiger partial charge in [-0.05, 0) is 36.8 Å². The van der Waals surface area contributed by atoms with E-state index in [1.807, 2.05) is 13.0 Å². The van der Waals surface area contributed by atoms with E-state index in [0.29, 0.717) is 17.1 Å². The van der Waals surface area contributed by atoms with E-state index in [1.165, 1.54) is 18.2 Å². The number of hydrogen-bond acceptors (Lipinski definition) is 2. The number of hydrogen-bond donors (Lipinski definition) is 2. The van der Waals surface area contributed by atoms with Gasteiger partial charge in [0.05, 0.1) is 10.6 Å². The van der Waals surface area contributed by atoms with Gasteiger partial charge in [0.1, 0.15) is 23.2 Å². The zero-order valence-electron chi connectivity index (χ0n) is 10.2. The summed E-state index contributed by atoms with van der Waals surface area (Å²) in [6.07, 6.45) is 0. The Morgan fingerprint density at radius 1 is 1.26 bits per heavy atom. The number of benzene rings is 2. The summed E-state index contributed by atoms with van der Waals surface area (Å²) in [7, 11) is 0. The lowest BCUT2D eigenvalue weighted by Gasteiger charge is -2.11. The highest BCUT2D eigenvalue weighted by Gasteiger charge is 2.09. The predicted octanol–water partition coefficient (Wildman–Crippen LogP) is 3.86. The van der Waals surface area contributed by atoms with Crippen molar-refractivity contribution in [2.45, 2.75) is 6.92 Å². The summed E-state index contributed by atoms with van der Waals surface area (Å²) in [6, 6.07) is 9.37. The Morgan fingerprint density at radius 2 is 2.00 bits per heavy atom. The molecule has 0 aromatic heterocycles. The average molecular weight is 279 g/mol. The van der Waals surface area contributed by atoms with E-state index in [2.05, 4.69) is 0 Å². The monoisotopic (exact) mass is 278 g/mol. The van der Waals surface area contributed by atoms with Crippen LogP contribution in [-0.2, 0) is 0 Å². The third kappa shape index (κ3) is 3.03. The van der Waals surface area contributed by atoms with Gasteiger partial charge in [-0.15, -0.1) is 0 Å². The van der Waals surface area contributed by atoms with Gasteiger partial charge in [0, 0.05) is 6.07 Å². The molecule has 0 amide bonds. The molecule has 0 unspecified atom stereocenters. The van der Waals surface area contributed by atoms with E-state index < -0.39 is 5.82 Å². The quantitative estimate of drug-likeness (QED) is 0.661. The first kappa shape index (κ1) is 13.4. The van der Waals surface area contributed by atoms with Crippen molar-refractivity contribution in [3.05, 3.63) is 58.4 Å². The standard InChI is InChI=1S/C14H12ClFN2O/c1-8-2-4-10(14(17)18)13(6-8)19-9-3-5-12(16)11(15)7-9/h2-7H,1H3,(H3,17,18). The second-order valence-corrected chi connectivity index (χ2v) is 4.50. The molecule has 19 heavy (non-hydrogen) atoms. The number of ether oxygens (including phenoxy) is 1. The van der Waals surface area contributed by atoms with Gasteiger partial charge < -0.3 is 10.5 Å². The lowest BCUT2D eigenvalue weighted by Crippen LogP contribution is -2.12. The Labute approximate surface area is 115 Å². The highest BCUT2D eigenvalue weighted by molar-refractivity contribution is 6.30. The molecule has 0 aliphatic heterocycles. The van der Waals surface area contributed by atoms with E-state index in [1.54, 1.807) is 12.1 Å². The van der Waals surface area contributed by atoms with Crippen LogP contribution in [0.1, 0.15) is 11.1 Å². The van der Waals surface area contributed by atoms with Gasteiger partial charge in [0.15, 0.2) is 0 Å². The Balaban J connectivity index is 2.39. The van der Waals surface area contributed by atoms with E-state index in [-0.39, 0.29) is 10.9 Å². The summed E-state index contributed by atoms with van der Waals surface area (Å²) >= 11 is 5.69. The summed E-state index contributed by atoms with van der Waals surface area (Å²) in [5.74, 6) is 0.225. The Hall–Kier alpha value is -2.07. The van der Waals surface area contributed by atoms with Crippen LogP contribution in [0.5, 0.6) is 11.5 Å². The molecule has 3 nitrogen and oxygen atoms in total. The van der Waals surface area contributed by atoms with E-state index in [4.69, 9.17) is 27.5 Å². The Morgan fingerprint density at radius 3 is 2.63 bits per heavy atom. The fourth-order valence-electron chi connectivity index (χ4n) is 1.60. The average Bonchev–Trinajstić information content (AvgIpc) is 2.33. The first-order valence-corrected chi connectivity index (χ1v) is 5.93. The van der Waals surface area contributed by atoms with Crippen molar-refractivity contribution in [1.29, 1.82) is 5.41 Å². The van der Waals surface area contributed by atoms with Gasteiger partial charge >= 0.3 is 0 Å². The fourth-order valence-corrected chi connectivity index (χ4v) is 1.77. The molecule has 3 N–H and O–H groups in total. The summed E-state index contributed by atoms with van der Waals surface area (Å²) in [5.41, 5.74) is 6.93. The third-order valence-electron chi connectivity index (χ3n) is 2.55. The lowest BCUT2D eigenvalue weighted by atomic mass is 10.1. The first-order valence-electron chi connectivity index (χ1n) is 5.55. The highest BCUT2D eigenvalue weighted by Crippen LogP contribution is 2.29. The maximum Gasteiger partial charge on any atom is 0.142 e. The second kappa shape index (κ2) is 5.28. The van der Waals surface area contributed by atoms with E-state index >= 15 is 0 Å². The fraction of sp³-hybridized carbons (Fsp3) is 0.0714. The van der Waals surface area contributed by atoms with Crippen LogP contribution < -0.4 is 10.5 Å². The van der Waals surface area contributed by atoms with Gasteiger partial charge in [-0.2, -0.15) is 0 Å². The van der Waals surface area contributed by atoms with Crippen LogP contribution in [-0.4, -0.2) is 5.84 Å². The SMILES string of the molecule is Cc1ccc(C(=N)N)c(Oc2ccc(F)c(Cl)c2)c1. The van der Waals surface area contributed by atoms with Crippen molar-refractivity contribution in [3.8, 4) is 11.5 Å². The molecule has 0 saturated carbocycles. The number of rotatable bonds is 3. The summed E-state index contributed by atoms with van der Waals surface area (Å²) in [4.78, 5) is 0. The number of amidine groups is 1. The molecule has 0 aliphatic carbocycles. The molecule has 5 heteroatoms. The number of nitrogens with two attached hydrogens (primary N) is 1. The first-order chi connectivity index (χ1) is 8.97. The minimum Gasteiger partial charge on any atom is -0.457 e.